The van der Waals surface area contributed by atoms with Crippen molar-refractivity contribution < 1.29 is 9.52 Å². The number of carbonyl (C=O) groups is 1. The van der Waals surface area contributed by atoms with E-state index in [0.717, 1.165) is 11.9 Å². The first-order valence-corrected chi connectivity index (χ1v) is 6.76. The van der Waals surface area contributed by atoms with E-state index >= 15 is 0 Å². The molecule has 1 amide bonds. The van der Waals surface area contributed by atoms with Crippen molar-refractivity contribution in [1.82, 2.24) is 10.3 Å². The van der Waals surface area contributed by atoms with E-state index in [-0.39, 0.29) is 5.91 Å². The molecule has 0 saturated carbocycles. The highest BCUT2D eigenvalue weighted by atomic mass is 16.5. The molecule has 0 spiro atoms. The Bertz CT molecular complexity index is 763. The summed E-state index contributed by atoms with van der Waals surface area (Å²) in [6, 6.07) is 11.1. The number of hydrogen-bond acceptors (Lipinski definition) is 2. The highest BCUT2D eigenvalue weighted by molar-refractivity contribution is 5.93. The van der Waals surface area contributed by atoms with E-state index in [2.05, 4.69) is 16.4 Å². The van der Waals surface area contributed by atoms with Gasteiger partial charge in [0.15, 0.2) is 12.4 Å². The first-order valence-electron chi connectivity index (χ1n) is 6.76. The number of amides is 1. The highest BCUT2D eigenvalue weighted by Gasteiger charge is 2.07. The van der Waals surface area contributed by atoms with Crippen LogP contribution in [0.15, 0.2) is 55.0 Å². The van der Waals surface area contributed by atoms with Gasteiger partial charge in [0.25, 0.3) is 5.91 Å². The molecule has 0 saturated heterocycles. The number of carbonyl (C=O) groups excluding carboxylic acids is 1. The van der Waals surface area contributed by atoms with Crippen LogP contribution < -0.4 is 10.0 Å². The minimum absolute atomic E-state index is 0.171. The van der Waals surface area contributed by atoms with Gasteiger partial charge in [-0.25, -0.2) is 0 Å². The van der Waals surface area contributed by atoms with E-state index in [1.165, 1.54) is 35.5 Å². The van der Waals surface area contributed by atoms with Gasteiger partial charge in [-0.15, -0.1) is 0 Å². The Morgan fingerprint density at radius 1 is 1.19 bits per heavy atom. The second-order valence-corrected chi connectivity index (χ2v) is 4.81. The molecule has 0 bridgehead atoms. The van der Waals surface area contributed by atoms with Gasteiger partial charge in [-0.2, -0.15) is 4.73 Å². The zero-order valence-electron chi connectivity index (χ0n) is 11.4. The molecule has 0 radical (unpaired) electrons. The molecule has 0 aliphatic carbocycles. The van der Waals surface area contributed by atoms with Crippen molar-refractivity contribution in [1.29, 1.82) is 0 Å². The van der Waals surface area contributed by atoms with Crippen LogP contribution in [0.4, 0.5) is 0 Å². The molecule has 0 unspecified atom stereocenters. The number of benzene rings is 1. The normalized spacial score (nSPS) is 10.7. The van der Waals surface area contributed by atoms with Crippen LogP contribution in [0.2, 0.25) is 0 Å². The van der Waals surface area contributed by atoms with Crippen LogP contribution in [0.25, 0.3) is 10.9 Å². The molecule has 1 aromatic carbocycles. The number of aromatic amines is 1. The number of H-pyrrole nitrogens is 1. The van der Waals surface area contributed by atoms with Crippen molar-refractivity contribution in [3.63, 3.8) is 0 Å². The molecule has 106 valence electrons. The zero-order chi connectivity index (χ0) is 14.7. The summed E-state index contributed by atoms with van der Waals surface area (Å²) < 4.78 is 0.655. The van der Waals surface area contributed by atoms with Gasteiger partial charge in [0, 0.05) is 35.8 Å². The first-order chi connectivity index (χ1) is 10.2. The number of rotatable bonds is 4. The summed E-state index contributed by atoms with van der Waals surface area (Å²) in [6.45, 7) is 0.549. The van der Waals surface area contributed by atoms with Crippen molar-refractivity contribution in [2.45, 2.75) is 6.42 Å². The maximum absolute atomic E-state index is 11.9. The van der Waals surface area contributed by atoms with E-state index in [9.17, 15) is 10.0 Å². The summed E-state index contributed by atoms with van der Waals surface area (Å²) in [6.07, 6.45) is 5.35. The second kappa shape index (κ2) is 5.66. The van der Waals surface area contributed by atoms with E-state index < -0.39 is 0 Å². The number of nitrogens with one attached hydrogen (secondary N) is 2. The molecule has 2 N–H and O–H groups in total. The molecule has 0 atom stereocenters. The van der Waals surface area contributed by atoms with E-state index in [1.807, 2.05) is 24.4 Å². The van der Waals surface area contributed by atoms with Gasteiger partial charge in [0.1, 0.15) is 0 Å². The minimum Gasteiger partial charge on any atom is -0.619 e. The van der Waals surface area contributed by atoms with Crippen molar-refractivity contribution in [2.75, 3.05) is 6.54 Å². The largest absolute Gasteiger partial charge is 0.619 e. The summed E-state index contributed by atoms with van der Waals surface area (Å²) in [4.78, 5) is 15.1. The quantitative estimate of drug-likeness (QED) is 0.565. The average Bonchev–Trinajstić information content (AvgIpc) is 2.91. The van der Waals surface area contributed by atoms with Crippen LogP contribution in [0, 0.1) is 5.21 Å². The van der Waals surface area contributed by atoms with Crippen LogP contribution >= 0.6 is 0 Å². The summed E-state index contributed by atoms with van der Waals surface area (Å²) in [5.41, 5.74) is 2.76. The third-order valence-electron chi connectivity index (χ3n) is 3.42. The van der Waals surface area contributed by atoms with Crippen molar-refractivity contribution in [3.05, 3.63) is 71.3 Å². The summed E-state index contributed by atoms with van der Waals surface area (Å²) in [7, 11) is 0. The maximum atomic E-state index is 11.9. The molecule has 0 aliphatic heterocycles. The molecule has 3 rings (SSSR count). The Kier molecular flexibility index (Phi) is 3.55. The Hall–Kier alpha value is -2.82. The monoisotopic (exact) mass is 281 g/mol. The lowest BCUT2D eigenvalue weighted by Crippen LogP contribution is -2.28. The SMILES string of the molecule is O=C(NCCc1c[nH]c2ccccc12)c1cc[n+]([O-])cc1. The number of fused-ring (bicyclic) bond motifs is 1. The predicted molar refractivity (Wildman–Crippen MR) is 79.7 cm³/mol. The molecule has 5 nitrogen and oxygen atoms in total. The van der Waals surface area contributed by atoms with E-state index in [4.69, 9.17) is 0 Å². The topological polar surface area (TPSA) is 71.8 Å². The van der Waals surface area contributed by atoms with Crippen LogP contribution in [-0.4, -0.2) is 17.4 Å². The van der Waals surface area contributed by atoms with Gasteiger partial charge in [-0.05, 0) is 18.1 Å². The number of aromatic nitrogens is 2. The molecule has 0 aliphatic rings. The van der Waals surface area contributed by atoms with Gasteiger partial charge >= 0.3 is 0 Å². The predicted octanol–water partition coefficient (Wildman–Crippen LogP) is 1.77. The molecule has 2 aromatic heterocycles. The van der Waals surface area contributed by atoms with Crippen molar-refractivity contribution >= 4 is 16.8 Å². The molecule has 5 heteroatoms. The number of pyridine rings is 1. The Labute approximate surface area is 121 Å². The van der Waals surface area contributed by atoms with Crippen molar-refractivity contribution in [2.24, 2.45) is 0 Å². The van der Waals surface area contributed by atoms with Crippen LogP contribution in [0.3, 0.4) is 0 Å². The summed E-state index contributed by atoms with van der Waals surface area (Å²) in [5.74, 6) is -0.171. The molecule has 3 aromatic rings. The number of hydrogen-bond donors (Lipinski definition) is 2. The molecular formula is C16H15N3O2. The third kappa shape index (κ3) is 2.86. The van der Waals surface area contributed by atoms with Crippen molar-refractivity contribution in [3.8, 4) is 0 Å². The van der Waals surface area contributed by atoms with Gasteiger partial charge < -0.3 is 15.5 Å². The lowest BCUT2D eigenvalue weighted by molar-refractivity contribution is -0.605. The highest BCUT2D eigenvalue weighted by Crippen LogP contribution is 2.17. The summed E-state index contributed by atoms with van der Waals surface area (Å²) >= 11 is 0. The van der Waals surface area contributed by atoms with E-state index in [0.29, 0.717) is 16.8 Å². The fraction of sp³-hybridized carbons (Fsp3) is 0.125. The lowest BCUT2D eigenvalue weighted by Gasteiger charge is -2.04. The van der Waals surface area contributed by atoms with E-state index in [1.54, 1.807) is 0 Å². The molecule has 21 heavy (non-hydrogen) atoms. The fourth-order valence-electron chi connectivity index (χ4n) is 2.32. The molecular weight excluding hydrogens is 266 g/mol. The average molecular weight is 281 g/mol. The Balaban J connectivity index is 1.61. The maximum Gasteiger partial charge on any atom is 0.251 e. The van der Waals surface area contributed by atoms with Gasteiger partial charge in [0.2, 0.25) is 0 Å². The van der Waals surface area contributed by atoms with Crippen LogP contribution in [0.1, 0.15) is 15.9 Å². The standard InChI is InChI=1S/C16H15N3O2/c20-16(12-6-9-19(21)10-7-12)17-8-5-13-11-18-15-4-2-1-3-14(13)15/h1-4,6-7,9-11,18H,5,8H2,(H,17,20). The minimum atomic E-state index is -0.171. The fourth-order valence-corrected chi connectivity index (χ4v) is 2.32. The lowest BCUT2D eigenvalue weighted by atomic mass is 10.1. The second-order valence-electron chi connectivity index (χ2n) is 4.81. The Morgan fingerprint density at radius 3 is 2.76 bits per heavy atom. The van der Waals surface area contributed by atoms with Gasteiger partial charge in [-0.3, -0.25) is 4.79 Å². The van der Waals surface area contributed by atoms with Crippen LogP contribution in [-0.2, 0) is 6.42 Å². The van der Waals surface area contributed by atoms with Gasteiger partial charge in [-0.1, -0.05) is 18.2 Å². The number of para-hydroxylation sites is 1. The summed E-state index contributed by atoms with van der Waals surface area (Å²) in [5, 5.41) is 15.0. The van der Waals surface area contributed by atoms with Gasteiger partial charge in [0.05, 0.1) is 5.56 Å². The molecule has 0 fully saturated rings. The molecule has 2 heterocycles. The third-order valence-corrected chi connectivity index (χ3v) is 3.42. The number of nitrogens with zero attached hydrogens (tertiary/aromatic N) is 1. The zero-order valence-corrected chi connectivity index (χ0v) is 11.4. The van der Waals surface area contributed by atoms with Crippen LogP contribution in [0.5, 0.6) is 0 Å². The Morgan fingerprint density at radius 2 is 1.95 bits per heavy atom. The first kappa shape index (κ1) is 13.2. The smallest absolute Gasteiger partial charge is 0.251 e.